The highest BCUT2D eigenvalue weighted by Gasteiger charge is 2.29. The zero-order chi connectivity index (χ0) is 13.7. The molecule has 1 aliphatic heterocycles. The summed E-state index contributed by atoms with van der Waals surface area (Å²) in [5.41, 5.74) is 10.4. The number of carbonyl (C=O) groups excluding carboxylic acids is 2. The Morgan fingerprint density at radius 3 is 2.56 bits per heavy atom. The maximum atomic E-state index is 11.8. The van der Waals surface area contributed by atoms with Crippen LogP contribution in [0.3, 0.4) is 0 Å². The minimum absolute atomic E-state index is 0.246. The highest BCUT2D eigenvalue weighted by atomic mass is 16.4. The van der Waals surface area contributed by atoms with E-state index < -0.39 is 30.4 Å². The van der Waals surface area contributed by atoms with Crippen LogP contribution in [0.4, 0.5) is 4.79 Å². The highest BCUT2D eigenvalue weighted by molar-refractivity contribution is 5.87. The molecule has 2 unspecified atom stereocenters. The van der Waals surface area contributed by atoms with Crippen LogP contribution in [0.2, 0.25) is 0 Å². The van der Waals surface area contributed by atoms with Gasteiger partial charge in [0.15, 0.2) is 0 Å². The van der Waals surface area contributed by atoms with Gasteiger partial charge >= 0.3 is 12.0 Å². The fourth-order valence-corrected chi connectivity index (χ4v) is 1.85. The van der Waals surface area contributed by atoms with Gasteiger partial charge in [-0.3, -0.25) is 4.79 Å². The largest absolute Gasteiger partial charge is 0.480 e. The van der Waals surface area contributed by atoms with E-state index in [1.807, 2.05) is 0 Å². The molecule has 8 heteroatoms. The van der Waals surface area contributed by atoms with Crippen molar-refractivity contribution in [1.82, 2.24) is 10.2 Å². The number of carboxylic acids is 1. The second kappa shape index (κ2) is 6.20. The first-order chi connectivity index (χ1) is 8.43. The third-order valence-corrected chi connectivity index (χ3v) is 2.91. The number of carboxylic acid groups (broad SMARTS) is 1. The quantitative estimate of drug-likeness (QED) is 0.465. The Morgan fingerprint density at radius 2 is 2.11 bits per heavy atom. The number of amides is 3. The van der Waals surface area contributed by atoms with Crippen molar-refractivity contribution in [3.63, 3.8) is 0 Å². The Morgan fingerprint density at radius 1 is 1.44 bits per heavy atom. The van der Waals surface area contributed by atoms with Crippen molar-refractivity contribution < 1.29 is 19.5 Å². The second-order valence-corrected chi connectivity index (χ2v) is 4.35. The molecule has 8 nitrogen and oxygen atoms in total. The SMILES string of the molecule is NCC1CCN(C(=O)NC(CC(N)=O)C(=O)O)C1. The molecular formula is C10H18N4O4. The van der Waals surface area contributed by atoms with Crippen LogP contribution in [0.15, 0.2) is 0 Å². The van der Waals surface area contributed by atoms with Crippen molar-refractivity contribution in [3.8, 4) is 0 Å². The molecule has 0 aromatic rings. The number of carbonyl (C=O) groups is 3. The van der Waals surface area contributed by atoms with Gasteiger partial charge in [-0.2, -0.15) is 0 Å². The lowest BCUT2D eigenvalue weighted by molar-refractivity contribution is -0.140. The van der Waals surface area contributed by atoms with E-state index in [1.54, 1.807) is 0 Å². The second-order valence-electron chi connectivity index (χ2n) is 4.35. The molecule has 0 radical (unpaired) electrons. The zero-order valence-corrected chi connectivity index (χ0v) is 9.96. The molecule has 6 N–H and O–H groups in total. The van der Waals surface area contributed by atoms with Gasteiger partial charge in [-0.05, 0) is 18.9 Å². The Bertz CT molecular complexity index is 347. The fraction of sp³-hybridized carbons (Fsp3) is 0.700. The fourth-order valence-electron chi connectivity index (χ4n) is 1.85. The molecule has 0 spiro atoms. The van der Waals surface area contributed by atoms with E-state index in [2.05, 4.69) is 5.32 Å². The van der Waals surface area contributed by atoms with Gasteiger partial charge in [0.25, 0.3) is 0 Å². The summed E-state index contributed by atoms with van der Waals surface area (Å²) in [7, 11) is 0. The zero-order valence-electron chi connectivity index (χ0n) is 9.96. The summed E-state index contributed by atoms with van der Waals surface area (Å²) in [5.74, 6) is -1.81. The molecule has 0 bridgehead atoms. The van der Waals surface area contributed by atoms with Gasteiger partial charge in [0.05, 0.1) is 6.42 Å². The number of urea groups is 1. The summed E-state index contributed by atoms with van der Waals surface area (Å²) < 4.78 is 0. The molecular weight excluding hydrogens is 240 g/mol. The minimum Gasteiger partial charge on any atom is -0.480 e. The van der Waals surface area contributed by atoms with Gasteiger partial charge < -0.3 is 26.8 Å². The van der Waals surface area contributed by atoms with E-state index in [4.69, 9.17) is 16.6 Å². The summed E-state index contributed by atoms with van der Waals surface area (Å²) in [5, 5.41) is 11.1. The lowest BCUT2D eigenvalue weighted by Gasteiger charge is -2.20. The molecule has 1 heterocycles. The predicted octanol–water partition coefficient (Wildman–Crippen LogP) is -1.69. The molecule has 3 amide bonds. The minimum atomic E-state index is -1.29. The molecule has 1 rings (SSSR count). The van der Waals surface area contributed by atoms with Crippen LogP contribution in [0.25, 0.3) is 0 Å². The average Bonchev–Trinajstić information content (AvgIpc) is 2.75. The first kappa shape index (κ1) is 14.2. The predicted molar refractivity (Wildman–Crippen MR) is 62.5 cm³/mol. The Balaban J connectivity index is 2.51. The molecule has 1 aliphatic rings. The molecule has 102 valence electrons. The molecule has 0 aromatic carbocycles. The van der Waals surface area contributed by atoms with E-state index >= 15 is 0 Å². The van der Waals surface area contributed by atoms with Gasteiger partial charge in [-0.1, -0.05) is 0 Å². The normalized spacial score (nSPS) is 20.5. The van der Waals surface area contributed by atoms with Crippen LogP contribution >= 0.6 is 0 Å². The van der Waals surface area contributed by atoms with E-state index in [-0.39, 0.29) is 5.92 Å². The number of primary amides is 1. The molecule has 0 aliphatic carbocycles. The summed E-state index contributed by atoms with van der Waals surface area (Å²) in [6.07, 6.45) is 0.382. The van der Waals surface area contributed by atoms with E-state index in [0.717, 1.165) is 6.42 Å². The van der Waals surface area contributed by atoms with Crippen molar-refractivity contribution >= 4 is 17.9 Å². The van der Waals surface area contributed by atoms with Crippen molar-refractivity contribution in [3.05, 3.63) is 0 Å². The molecule has 1 fully saturated rings. The molecule has 0 aromatic heterocycles. The summed E-state index contributed by atoms with van der Waals surface area (Å²) >= 11 is 0. The first-order valence-corrected chi connectivity index (χ1v) is 5.70. The average molecular weight is 258 g/mol. The smallest absolute Gasteiger partial charge is 0.326 e. The van der Waals surface area contributed by atoms with E-state index in [1.165, 1.54) is 4.90 Å². The number of nitrogens with zero attached hydrogens (tertiary/aromatic N) is 1. The summed E-state index contributed by atoms with van der Waals surface area (Å²) in [6, 6.07) is -1.79. The Labute approximate surface area is 104 Å². The Hall–Kier alpha value is -1.83. The lowest BCUT2D eigenvalue weighted by Crippen LogP contribution is -2.48. The number of aliphatic carboxylic acids is 1. The van der Waals surface area contributed by atoms with Gasteiger partial charge in [-0.25, -0.2) is 9.59 Å². The number of rotatable bonds is 5. The topological polar surface area (TPSA) is 139 Å². The third-order valence-electron chi connectivity index (χ3n) is 2.91. The van der Waals surface area contributed by atoms with Gasteiger partial charge in [0.1, 0.15) is 6.04 Å². The van der Waals surface area contributed by atoms with Gasteiger partial charge in [0, 0.05) is 13.1 Å². The molecule has 0 saturated carbocycles. The number of likely N-dealkylation sites (tertiary alicyclic amines) is 1. The summed E-state index contributed by atoms with van der Waals surface area (Å²) in [4.78, 5) is 34.8. The molecule has 2 atom stereocenters. The van der Waals surface area contributed by atoms with Crippen molar-refractivity contribution in [2.75, 3.05) is 19.6 Å². The maximum Gasteiger partial charge on any atom is 0.326 e. The number of nitrogens with two attached hydrogens (primary N) is 2. The summed E-state index contributed by atoms with van der Waals surface area (Å²) in [6.45, 7) is 1.54. The van der Waals surface area contributed by atoms with Crippen molar-refractivity contribution in [1.29, 1.82) is 0 Å². The van der Waals surface area contributed by atoms with Gasteiger partial charge in [0.2, 0.25) is 5.91 Å². The van der Waals surface area contributed by atoms with Crippen molar-refractivity contribution in [2.45, 2.75) is 18.9 Å². The van der Waals surface area contributed by atoms with Gasteiger partial charge in [-0.15, -0.1) is 0 Å². The van der Waals surface area contributed by atoms with Crippen LogP contribution in [0, 0.1) is 5.92 Å². The monoisotopic (exact) mass is 258 g/mol. The molecule has 1 saturated heterocycles. The van der Waals surface area contributed by atoms with E-state index in [9.17, 15) is 14.4 Å². The van der Waals surface area contributed by atoms with Crippen LogP contribution in [-0.2, 0) is 9.59 Å². The van der Waals surface area contributed by atoms with Crippen LogP contribution < -0.4 is 16.8 Å². The third kappa shape index (κ3) is 3.88. The van der Waals surface area contributed by atoms with Crippen LogP contribution in [-0.4, -0.2) is 53.6 Å². The maximum absolute atomic E-state index is 11.8. The highest BCUT2D eigenvalue weighted by Crippen LogP contribution is 2.14. The Kier molecular flexibility index (Phi) is 4.90. The number of nitrogens with one attached hydrogen (secondary N) is 1. The number of hydrogen-bond acceptors (Lipinski definition) is 4. The van der Waals surface area contributed by atoms with E-state index in [0.29, 0.717) is 19.6 Å². The van der Waals surface area contributed by atoms with Crippen LogP contribution in [0.1, 0.15) is 12.8 Å². The lowest BCUT2D eigenvalue weighted by atomic mass is 10.1. The molecule has 18 heavy (non-hydrogen) atoms. The number of hydrogen-bond donors (Lipinski definition) is 4. The first-order valence-electron chi connectivity index (χ1n) is 5.70. The standard InChI is InChI=1S/C10H18N4O4/c11-4-6-1-2-14(5-6)10(18)13-7(9(16)17)3-8(12)15/h6-7H,1-5,11H2,(H2,12,15)(H,13,18)(H,16,17). The van der Waals surface area contributed by atoms with Crippen molar-refractivity contribution in [2.24, 2.45) is 17.4 Å². The van der Waals surface area contributed by atoms with Crippen LogP contribution in [0.5, 0.6) is 0 Å².